The third-order valence-electron chi connectivity index (χ3n) is 2.79. The minimum Gasteiger partial charge on any atom is -0.395 e. The summed E-state index contributed by atoms with van der Waals surface area (Å²) in [4.78, 5) is 6.62. The van der Waals surface area contributed by atoms with E-state index in [0.717, 1.165) is 31.0 Å². The molecule has 0 aliphatic heterocycles. The van der Waals surface area contributed by atoms with Crippen LogP contribution in [0.1, 0.15) is 26.0 Å². The monoisotopic (exact) mass is 237 g/mol. The lowest BCUT2D eigenvalue weighted by molar-refractivity contribution is 0.153. The molecule has 0 saturated heterocycles. The number of hydrogen-bond acceptors (Lipinski definition) is 4. The van der Waals surface area contributed by atoms with Gasteiger partial charge in [-0.25, -0.2) is 4.98 Å². The Balaban J connectivity index is 2.58. The summed E-state index contributed by atoms with van der Waals surface area (Å²) in [7, 11) is 1.99. The normalized spacial score (nSPS) is 12.8. The average Bonchev–Trinajstić information content (AvgIpc) is 2.35. The van der Waals surface area contributed by atoms with Crippen molar-refractivity contribution in [1.82, 2.24) is 9.88 Å². The van der Waals surface area contributed by atoms with Gasteiger partial charge in [0, 0.05) is 19.1 Å². The third kappa shape index (κ3) is 4.71. The van der Waals surface area contributed by atoms with Crippen molar-refractivity contribution in [3.63, 3.8) is 0 Å². The van der Waals surface area contributed by atoms with E-state index < -0.39 is 0 Å². The van der Waals surface area contributed by atoms with E-state index in [1.54, 1.807) is 0 Å². The molecule has 96 valence electrons. The van der Waals surface area contributed by atoms with Gasteiger partial charge in [0.15, 0.2) is 0 Å². The van der Waals surface area contributed by atoms with Gasteiger partial charge in [-0.3, -0.25) is 4.90 Å². The molecule has 1 rings (SSSR count). The van der Waals surface area contributed by atoms with Crippen molar-refractivity contribution in [2.75, 3.05) is 25.5 Å². The van der Waals surface area contributed by atoms with Gasteiger partial charge in [0.1, 0.15) is 5.82 Å². The number of pyridine rings is 1. The molecule has 0 saturated carbocycles. The van der Waals surface area contributed by atoms with Crippen LogP contribution in [0.5, 0.6) is 0 Å². The molecule has 1 aromatic heterocycles. The Hall–Kier alpha value is -1.13. The Labute approximate surface area is 104 Å². The Morgan fingerprint density at radius 1 is 1.47 bits per heavy atom. The Morgan fingerprint density at radius 3 is 2.88 bits per heavy atom. The van der Waals surface area contributed by atoms with Crippen LogP contribution in [0.3, 0.4) is 0 Å². The van der Waals surface area contributed by atoms with Gasteiger partial charge in [-0.1, -0.05) is 13.0 Å². The summed E-state index contributed by atoms with van der Waals surface area (Å²) in [6.45, 7) is 6.00. The van der Waals surface area contributed by atoms with Crippen LogP contribution in [0.2, 0.25) is 0 Å². The van der Waals surface area contributed by atoms with Crippen molar-refractivity contribution in [3.8, 4) is 0 Å². The minimum absolute atomic E-state index is 0.157. The van der Waals surface area contributed by atoms with Crippen LogP contribution in [0.15, 0.2) is 18.2 Å². The Bertz CT molecular complexity index is 330. The maximum Gasteiger partial charge on any atom is 0.126 e. The second-order valence-electron chi connectivity index (χ2n) is 4.39. The fourth-order valence-corrected chi connectivity index (χ4v) is 1.47. The molecule has 0 fully saturated rings. The topological polar surface area (TPSA) is 48.4 Å². The quantitative estimate of drug-likeness (QED) is 0.758. The van der Waals surface area contributed by atoms with Gasteiger partial charge >= 0.3 is 0 Å². The first kappa shape index (κ1) is 13.9. The lowest BCUT2D eigenvalue weighted by atomic mass is 10.2. The molecule has 1 unspecified atom stereocenters. The van der Waals surface area contributed by atoms with Crippen molar-refractivity contribution in [3.05, 3.63) is 23.9 Å². The predicted molar refractivity (Wildman–Crippen MR) is 71.0 cm³/mol. The van der Waals surface area contributed by atoms with Crippen LogP contribution in [-0.4, -0.2) is 41.2 Å². The Morgan fingerprint density at radius 2 is 2.24 bits per heavy atom. The highest BCUT2D eigenvalue weighted by molar-refractivity contribution is 5.35. The standard InChI is InChI=1S/C13H23N3O/c1-4-8-14-13-7-5-6-12(15-13)9-16(3)11(2)10-17/h5-7,11,17H,4,8-10H2,1-3H3,(H,14,15). The molecule has 0 aliphatic carbocycles. The summed E-state index contributed by atoms with van der Waals surface area (Å²) < 4.78 is 0. The van der Waals surface area contributed by atoms with Crippen molar-refractivity contribution >= 4 is 5.82 Å². The molecule has 4 nitrogen and oxygen atoms in total. The molecule has 0 bridgehead atoms. The third-order valence-corrected chi connectivity index (χ3v) is 2.79. The highest BCUT2D eigenvalue weighted by Gasteiger charge is 2.08. The molecule has 0 amide bonds. The van der Waals surface area contributed by atoms with Gasteiger partial charge in [0.05, 0.1) is 12.3 Å². The molecule has 1 heterocycles. The number of anilines is 1. The van der Waals surface area contributed by atoms with E-state index in [1.165, 1.54) is 0 Å². The SMILES string of the molecule is CCCNc1cccc(CN(C)C(C)CO)n1. The van der Waals surface area contributed by atoms with Crippen molar-refractivity contribution in [2.24, 2.45) is 0 Å². The number of likely N-dealkylation sites (N-methyl/N-ethyl adjacent to an activating group) is 1. The first-order valence-corrected chi connectivity index (χ1v) is 6.18. The highest BCUT2D eigenvalue weighted by atomic mass is 16.3. The second-order valence-corrected chi connectivity index (χ2v) is 4.39. The van der Waals surface area contributed by atoms with Gasteiger partial charge in [-0.05, 0) is 32.5 Å². The lowest BCUT2D eigenvalue weighted by Crippen LogP contribution is -2.31. The van der Waals surface area contributed by atoms with E-state index in [0.29, 0.717) is 0 Å². The van der Waals surface area contributed by atoms with E-state index in [2.05, 4.69) is 22.1 Å². The van der Waals surface area contributed by atoms with E-state index in [1.807, 2.05) is 32.2 Å². The fraction of sp³-hybridized carbons (Fsp3) is 0.615. The zero-order valence-electron chi connectivity index (χ0n) is 11.0. The van der Waals surface area contributed by atoms with Gasteiger partial charge in [-0.15, -0.1) is 0 Å². The van der Waals surface area contributed by atoms with Gasteiger partial charge in [0.2, 0.25) is 0 Å². The first-order chi connectivity index (χ1) is 8.17. The number of nitrogens with zero attached hydrogens (tertiary/aromatic N) is 2. The zero-order chi connectivity index (χ0) is 12.7. The maximum absolute atomic E-state index is 9.08. The van der Waals surface area contributed by atoms with Crippen molar-refractivity contribution in [2.45, 2.75) is 32.9 Å². The number of rotatable bonds is 7. The first-order valence-electron chi connectivity index (χ1n) is 6.18. The van der Waals surface area contributed by atoms with Crippen LogP contribution in [0.4, 0.5) is 5.82 Å². The largest absolute Gasteiger partial charge is 0.395 e. The molecule has 4 heteroatoms. The van der Waals surface area contributed by atoms with Crippen LogP contribution in [0, 0.1) is 0 Å². The molecule has 0 aliphatic rings. The van der Waals surface area contributed by atoms with Crippen LogP contribution >= 0.6 is 0 Å². The summed E-state index contributed by atoms with van der Waals surface area (Å²) in [5.41, 5.74) is 1.02. The Kier molecular flexibility index (Phi) is 5.94. The molecular weight excluding hydrogens is 214 g/mol. The molecule has 1 aromatic rings. The maximum atomic E-state index is 9.08. The van der Waals surface area contributed by atoms with Crippen LogP contribution < -0.4 is 5.32 Å². The molecule has 17 heavy (non-hydrogen) atoms. The smallest absolute Gasteiger partial charge is 0.126 e. The summed E-state index contributed by atoms with van der Waals surface area (Å²) >= 11 is 0. The van der Waals surface area contributed by atoms with E-state index in [-0.39, 0.29) is 12.6 Å². The number of nitrogens with one attached hydrogen (secondary N) is 1. The number of aliphatic hydroxyl groups is 1. The van der Waals surface area contributed by atoms with Crippen LogP contribution in [-0.2, 0) is 6.54 Å². The average molecular weight is 237 g/mol. The molecule has 2 N–H and O–H groups in total. The van der Waals surface area contributed by atoms with Gasteiger partial charge in [0.25, 0.3) is 0 Å². The van der Waals surface area contributed by atoms with E-state index in [9.17, 15) is 0 Å². The number of hydrogen-bond donors (Lipinski definition) is 2. The lowest BCUT2D eigenvalue weighted by Gasteiger charge is -2.22. The van der Waals surface area contributed by atoms with Crippen molar-refractivity contribution in [1.29, 1.82) is 0 Å². The number of aliphatic hydroxyl groups excluding tert-OH is 1. The summed E-state index contributed by atoms with van der Waals surface area (Å²) in [6.07, 6.45) is 1.09. The van der Waals surface area contributed by atoms with E-state index >= 15 is 0 Å². The summed E-state index contributed by atoms with van der Waals surface area (Å²) in [5, 5.41) is 12.4. The molecular formula is C13H23N3O. The predicted octanol–water partition coefficient (Wildman–Crippen LogP) is 1.72. The molecule has 1 atom stereocenters. The molecule has 0 radical (unpaired) electrons. The summed E-state index contributed by atoms with van der Waals surface area (Å²) in [6, 6.07) is 6.16. The van der Waals surface area contributed by atoms with Crippen molar-refractivity contribution < 1.29 is 5.11 Å². The second kappa shape index (κ2) is 7.25. The highest BCUT2D eigenvalue weighted by Crippen LogP contribution is 2.08. The molecule has 0 aromatic carbocycles. The van der Waals surface area contributed by atoms with E-state index in [4.69, 9.17) is 5.11 Å². The van der Waals surface area contributed by atoms with Gasteiger partial charge < -0.3 is 10.4 Å². The molecule has 0 spiro atoms. The number of aromatic nitrogens is 1. The summed E-state index contributed by atoms with van der Waals surface area (Å²) in [5.74, 6) is 0.925. The fourth-order valence-electron chi connectivity index (χ4n) is 1.47. The zero-order valence-corrected chi connectivity index (χ0v) is 11.0. The minimum atomic E-state index is 0.157. The van der Waals surface area contributed by atoms with Crippen LogP contribution in [0.25, 0.3) is 0 Å². The van der Waals surface area contributed by atoms with Gasteiger partial charge in [-0.2, -0.15) is 0 Å².